The lowest BCUT2D eigenvalue weighted by Crippen LogP contribution is -2.48. The Morgan fingerprint density at radius 1 is 1.55 bits per heavy atom. The molecule has 1 fully saturated rings. The molecule has 2 rings (SSSR count). The summed E-state index contributed by atoms with van der Waals surface area (Å²) in [7, 11) is 1.60. The molecule has 0 spiro atoms. The number of urea groups is 1. The van der Waals surface area contributed by atoms with E-state index in [0.29, 0.717) is 38.6 Å². The van der Waals surface area contributed by atoms with Gasteiger partial charge >= 0.3 is 6.03 Å². The number of nitrogens with zero attached hydrogens (tertiary/aromatic N) is 1. The van der Waals surface area contributed by atoms with E-state index in [4.69, 9.17) is 14.2 Å². The van der Waals surface area contributed by atoms with Crippen LogP contribution in [0.15, 0.2) is 22.7 Å². The van der Waals surface area contributed by atoms with Gasteiger partial charge in [0.2, 0.25) is 0 Å². The molecular weight excluding hydrogens is 352 g/mol. The van der Waals surface area contributed by atoms with Crippen molar-refractivity contribution in [2.75, 3.05) is 45.3 Å². The third-order valence-electron chi connectivity index (χ3n) is 3.35. The van der Waals surface area contributed by atoms with Crippen LogP contribution in [0.2, 0.25) is 0 Å². The topological polar surface area (TPSA) is 60.0 Å². The molecule has 0 bridgehead atoms. The van der Waals surface area contributed by atoms with Crippen LogP contribution < -0.4 is 10.1 Å². The van der Waals surface area contributed by atoms with E-state index in [2.05, 4.69) is 21.2 Å². The van der Waals surface area contributed by atoms with Crippen LogP contribution in [0.3, 0.4) is 0 Å². The van der Waals surface area contributed by atoms with Crippen molar-refractivity contribution in [2.45, 2.75) is 13.0 Å². The van der Waals surface area contributed by atoms with Gasteiger partial charge in [-0.2, -0.15) is 0 Å². The van der Waals surface area contributed by atoms with E-state index in [-0.39, 0.29) is 12.1 Å². The second kappa shape index (κ2) is 8.36. The summed E-state index contributed by atoms with van der Waals surface area (Å²) in [5, 5.41) is 2.90. The Balaban J connectivity index is 1.93. The number of amides is 2. The van der Waals surface area contributed by atoms with Crippen LogP contribution >= 0.6 is 15.9 Å². The normalized spacial score (nSPS) is 18.1. The first-order chi connectivity index (χ1) is 10.6. The first-order valence-corrected chi connectivity index (χ1v) is 8.02. The third-order valence-corrected chi connectivity index (χ3v) is 4.01. The fraction of sp³-hybridized carbons (Fsp3) is 0.533. The van der Waals surface area contributed by atoms with E-state index in [0.717, 1.165) is 10.2 Å². The van der Waals surface area contributed by atoms with Crippen molar-refractivity contribution in [1.82, 2.24) is 4.90 Å². The SMILES string of the molecule is CCOCC1CN(C(=O)Nc2ccc(OC)cc2Br)CCO1. The number of hydrogen-bond acceptors (Lipinski definition) is 4. The summed E-state index contributed by atoms with van der Waals surface area (Å²) in [4.78, 5) is 14.1. The lowest BCUT2D eigenvalue weighted by Gasteiger charge is -2.32. The van der Waals surface area contributed by atoms with Crippen LogP contribution in [-0.4, -0.2) is 57.1 Å². The van der Waals surface area contributed by atoms with Crippen molar-refractivity contribution in [1.29, 1.82) is 0 Å². The average molecular weight is 373 g/mol. The Morgan fingerprint density at radius 2 is 2.36 bits per heavy atom. The molecule has 0 aliphatic carbocycles. The molecule has 1 saturated heterocycles. The first-order valence-electron chi connectivity index (χ1n) is 7.22. The highest BCUT2D eigenvalue weighted by Crippen LogP contribution is 2.27. The Kier molecular flexibility index (Phi) is 6.48. The summed E-state index contributed by atoms with van der Waals surface area (Å²) < 4.78 is 16.9. The molecule has 22 heavy (non-hydrogen) atoms. The predicted molar refractivity (Wildman–Crippen MR) is 87.5 cm³/mol. The van der Waals surface area contributed by atoms with E-state index in [9.17, 15) is 4.79 Å². The van der Waals surface area contributed by atoms with Gasteiger partial charge in [-0.3, -0.25) is 0 Å². The molecule has 1 aliphatic rings. The number of anilines is 1. The second-order valence-corrected chi connectivity index (χ2v) is 5.73. The molecule has 1 N–H and O–H groups in total. The lowest BCUT2D eigenvalue weighted by molar-refractivity contribution is -0.0555. The van der Waals surface area contributed by atoms with Crippen LogP contribution in [0.25, 0.3) is 0 Å². The molecule has 1 aromatic carbocycles. The molecule has 122 valence electrons. The zero-order valence-electron chi connectivity index (χ0n) is 12.8. The summed E-state index contributed by atoms with van der Waals surface area (Å²) >= 11 is 3.43. The number of methoxy groups -OCH3 is 1. The van der Waals surface area contributed by atoms with Gasteiger partial charge in [-0.15, -0.1) is 0 Å². The molecule has 0 saturated carbocycles. The maximum atomic E-state index is 12.4. The quantitative estimate of drug-likeness (QED) is 0.862. The monoisotopic (exact) mass is 372 g/mol. The number of morpholine rings is 1. The summed E-state index contributed by atoms with van der Waals surface area (Å²) in [6.45, 7) is 4.71. The molecule has 6 nitrogen and oxygen atoms in total. The van der Waals surface area contributed by atoms with Gasteiger partial charge in [0.25, 0.3) is 0 Å². The average Bonchev–Trinajstić information content (AvgIpc) is 2.55. The minimum absolute atomic E-state index is 0.0706. The van der Waals surface area contributed by atoms with Gasteiger partial charge in [0.1, 0.15) is 5.75 Å². The second-order valence-electron chi connectivity index (χ2n) is 4.87. The Morgan fingerprint density at radius 3 is 3.05 bits per heavy atom. The molecular formula is C15H21BrN2O4. The standard InChI is InChI=1S/C15H21BrN2O4/c1-3-21-10-12-9-18(6-7-22-12)15(19)17-14-5-4-11(20-2)8-13(14)16/h4-5,8,12H,3,6-7,9-10H2,1-2H3,(H,17,19). The van der Waals surface area contributed by atoms with E-state index >= 15 is 0 Å². The van der Waals surface area contributed by atoms with Crippen LogP contribution in [0.1, 0.15) is 6.92 Å². The Bertz CT molecular complexity index is 512. The highest BCUT2D eigenvalue weighted by atomic mass is 79.9. The summed E-state index contributed by atoms with van der Waals surface area (Å²) in [5.74, 6) is 0.730. The fourth-order valence-corrected chi connectivity index (χ4v) is 2.63. The smallest absolute Gasteiger partial charge is 0.322 e. The highest BCUT2D eigenvalue weighted by Gasteiger charge is 2.24. The van der Waals surface area contributed by atoms with Gasteiger partial charge in [0, 0.05) is 17.6 Å². The minimum Gasteiger partial charge on any atom is -0.497 e. The Hall–Kier alpha value is -1.31. The lowest BCUT2D eigenvalue weighted by atomic mass is 10.3. The largest absolute Gasteiger partial charge is 0.497 e. The van der Waals surface area contributed by atoms with E-state index in [1.165, 1.54) is 0 Å². The first kappa shape index (κ1) is 17.1. The molecule has 0 radical (unpaired) electrons. The zero-order valence-corrected chi connectivity index (χ0v) is 14.4. The Labute approximate surface area is 138 Å². The maximum Gasteiger partial charge on any atom is 0.322 e. The van der Waals surface area contributed by atoms with Gasteiger partial charge < -0.3 is 24.4 Å². The number of halogens is 1. The molecule has 1 atom stereocenters. The number of rotatable bonds is 5. The molecule has 0 aromatic heterocycles. The molecule has 7 heteroatoms. The highest BCUT2D eigenvalue weighted by molar-refractivity contribution is 9.10. The fourth-order valence-electron chi connectivity index (χ4n) is 2.17. The molecule has 2 amide bonds. The minimum atomic E-state index is -0.143. The number of hydrogen-bond donors (Lipinski definition) is 1. The zero-order chi connectivity index (χ0) is 15.9. The summed E-state index contributed by atoms with van der Waals surface area (Å²) in [6, 6.07) is 5.28. The van der Waals surface area contributed by atoms with Crippen LogP contribution in [0.4, 0.5) is 10.5 Å². The number of carbonyl (C=O) groups is 1. The number of benzene rings is 1. The van der Waals surface area contributed by atoms with Crippen molar-refractivity contribution in [2.24, 2.45) is 0 Å². The van der Waals surface area contributed by atoms with Gasteiger partial charge in [-0.1, -0.05) is 0 Å². The molecule has 1 aromatic rings. The van der Waals surface area contributed by atoms with Crippen molar-refractivity contribution < 1.29 is 19.0 Å². The van der Waals surface area contributed by atoms with E-state index in [1.807, 2.05) is 13.0 Å². The van der Waals surface area contributed by atoms with Crippen molar-refractivity contribution >= 4 is 27.6 Å². The molecule has 1 heterocycles. The van der Waals surface area contributed by atoms with E-state index in [1.54, 1.807) is 24.1 Å². The molecule has 1 aliphatic heterocycles. The predicted octanol–water partition coefficient (Wildman–Crippen LogP) is 2.73. The molecule has 1 unspecified atom stereocenters. The van der Waals surface area contributed by atoms with E-state index < -0.39 is 0 Å². The van der Waals surface area contributed by atoms with Gasteiger partial charge in [-0.05, 0) is 41.1 Å². The van der Waals surface area contributed by atoms with Crippen molar-refractivity contribution in [3.8, 4) is 5.75 Å². The number of nitrogens with one attached hydrogen (secondary N) is 1. The van der Waals surface area contributed by atoms with Crippen LogP contribution in [-0.2, 0) is 9.47 Å². The summed E-state index contributed by atoms with van der Waals surface area (Å²) in [6.07, 6.45) is -0.0706. The van der Waals surface area contributed by atoms with Gasteiger partial charge in [-0.25, -0.2) is 4.79 Å². The van der Waals surface area contributed by atoms with Gasteiger partial charge in [0.15, 0.2) is 0 Å². The van der Waals surface area contributed by atoms with Crippen LogP contribution in [0, 0.1) is 0 Å². The number of ether oxygens (including phenoxy) is 3. The number of carbonyl (C=O) groups excluding carboxylic acids is 1. The van der Waals surface area contributed by atoms with Crippen LogP contribution in [0.5, 0.6) is 5.75 Å². The third kappa shape index (κ3) is 4.59. The summed E-state index contributed by atoms with van der Waals surface area (Å²) in [5.41, 5.74) is 0.707. The maximum absolute atomic E-state index is 12.4. The van der Waals surface area contributed by atoms with Crippen molar-refractivity contribution in [3.05, 3.63) is 22.7 Å². The van der Waals surface area contributed by atoms with Crippen molar-refractivity contribution in [3.63, 3.8) is 0 Å². The van der Waals surface area contributed by atoms with Gasteiger partial charge in [0.05, 0.1) is 38.7 Å².